The molecule has 316 valence electrons. The Morgan fingerprint density at radius 2 is 1.12 bits per heavy atom. The second kappa shape index (κ2) is 18.6. The van der Waals surface area contributed by atoms with Crippen LogP contribution in [0.4, 0.5) is 0 Å². The third-order valence-electron chi connectivity index (χ3n) is 14.9. The standard InChI is InChI=1S/C53H62O7/c1-52-29-27-42(31-41(52)23-24-43-44-25-26-47(54)53(44,2)30-28-45(43)52)59-51-50(58-35-40-21-13-6-14-22-40)49(57-34-39-19-11-5-12-20-39)48(56-33-38-17-9-4-10-18-38)46(60-51)36-55-32-37-15-7-3-8-16-37/h3-23,42-46,48-51H,24-36H2,1-2H3/t42-,43-,44?,45-,46?,48+,49?,50?,51+,52-,53-/m0/s1. The van der Waals surface area contributed by atoms with E-state index in [0.717, 1.165) is 73.6 Å². The smallest absolute Gasteiger partial charge is 0.187 e. The summed E-state index contributed by atoms with van der Waals surface area (Å²) in [6.45, 7) is 6.67. The number of ether oxygens (including phenoxy) is 6. The van der Waals surface area contributed by atoms with Gasteiger partial charge in [-0.25, -0.2) is 0 Å². The fourth-order valence-corrected chi connectivity index (χ4v) is 11.6. The zero-order valence-corrected chi connectivity index (χ0v) is 35.4. The lowest BCUT2D eigenvalue weighted by Gasteiger charge is -2.57. The minimum absolute atomic E-state index is 0.0435. The molecule has 4 unspecified atom stereocenters. The van der Waals surface area contributed by atoms with Gasteiger partial charge < -0.3 is 28.4 Å². The molecule has 0 aromatic heterocycles. The van der Waals surface area contributed by atoms with Crippen LogP contribution in [0.2, 0.25) is 0 Å². The summed E-state index contributed by atoms with van der Waals surface area (Å²) in [5, 5.41) is 0. The number of rotatable bonds is 15. The number of fused-ring (bicyclic) bond motifs is 5. The quantitative estimate of drug-likeness (QED) is 0.111. The molecule has 0 N–H and O–H groups in total. The van der Waals surface area contributed by atoms with E-state index in [2.05, 4.69) is 68.5 Å². The van der Waals surface area contributed by atoms with E-state index in [1.165, 1.54) is 5.57 Å². The molecule has 1 aliphatic heterocycles. The molecule has 7 nitrogen and oxygen atoms in total. The van der Waals surface area contributed by atoms with Crippen molar-refractivity contribution < 1.29 is 33.2 Å². The van der Waals surface area contributed by atoms with Crippen molar-refractivity contribution in [3.8, 4) is 0 Å². The molecule has 4 aliphatic carbocycles. The Kier molecular flexibility index (Phi) is 12.8. The summed E-state index contributed by atoms with van der Waals surface area (Å²) in [6, 6.07) is 41.1. The van der Waals surface area contributed by atoms with Gasteiger partial charge in [0.15, 0.2) is 6.29 Å². The van der Waals surface area contributed by atoms with Gasteiger partial charge in [-0.2, -0.15) is 0 Å². The number of ketones is 1. The number of Topliss-reactive ketones (excluding diaryl/α,β-unsaturated/α-hetero) is 1. The van der Waals surface area contributed by atoms with Crippen molar-refractivity contribution in [3.05, 3.63) is 155 Å². The Morgan fingerprint density at radius 1 is 0.600 bits per heavy atom. The minimum atomic E-state index is -0.720. The highest BCUT2D eigenvalue weighted by atomic mass is 16.7. The van der Waals surface area contributed by atoms with Crippen LogP contribution in [0, 0.1) is 28.6 Å². The van der Waals surface area contributed by atoms with Gasteiger partial charge in [0.25, 0.3) is 0 Å². The number of benzene rings is 4. The fourth-order valence-electron chi connectivity index (χ4n) is 11.6. The van der Waals surface area contributed by atoms with E-state index in [1.807, 2.05) is 72.8 Å². The van der Waals surface area contributed by atoms with Gasteiger partial charge >= 0.3 is 0 Å². The molecular formula is C53H62O7. The van der Waals surface area contributed by atoms with Crippen molar-refractivity contribution in [2.45, 2.75) is 128 Å². The molecule has 0 radical (unpaired) electrons. The number of carbonyl (C=O) groups is 1. The average molecular weight is 811 g/mol. The third-order valence-corrected chi connectivity index (χ3v) is 14.9. The fraction of sp³-hybridized carbons (Fsp3) is 0.491. The Labute approximate surface area is 356 Å². The molecule has 9 rings (SSSR count). The molecule has 7 heteroatoms. The highest BCUT2D eigenvalue weighted by Gasteiger charge is 2.59. The zero-order chi connectivity index (χ0) is 40.9. The van der Waals surface area contributed by atoms with Crippen LogP contribution in [0.5, 0.6) is 0 Å². The zero-order valence-electron chi connectivity index (χ0n) is 35.4. The maximum absolute atomic E-state index is 13.1. The Hall–Kier alpha value is -3.95. The summed E-state index contributed by atoms with van der Waals surface area (Å²) in [4.78, 5) is 13.1. The van der Waals surface area contributed by atoms with Crippen LogP contribution >= 0.6 is 0 Å². The maximum atomic E-state index is 13.1. The van der Waals surface area contributed by atoms with Crippen molar-refractivity contribution >= 4 is 5.78 Å². The van der Waals surface area contributed by atoms with E-state index in [0.29, 0.717) is 56.6 Å². The first-order valence-corrected chi connectivity index (χ1v) is 22.5. The second-order valence-corrected chi connectivity index (χ2v) is 18.5. The van der Waals surface area contributed by atoms with Gasteiger partial charge in [-0.1, -0.05) is 147 Å². The molecule has 0 spiro atoms. The van der Waals surface area contributed by atoms with Gasteiger partial charge in [0.2, 0.25) is 0 Å². The second-order valence-electron chi connectivity index (χ2n) is 18.5. The lowest BCUT2D eigenvalue weighted by Crippen LogP contribution is -2.62. The molecule has 0 amide bonds. The third kappa shape index (κ3) is 8.86. The molecule has 4 aromatic rings. The molecule has 11 atom stereocenters. The monoisotopic (exact) mass is 810 g/mol. The van der Waals surface area contributed by atoms with Crippen LogP contribution in [0.25, 0.3) is 0 Å². The Balaban J connectivity index is 1.00. The van der Waals surface area contributed by atoms with Crippen molar-refractivity contribution in [3.63, 3.8) is 0 Å². The molecule has 3 saturated carbocycles. The van der Waals surface area contributed by atoms with Crippen LogP contribution in [0.15, 0.2) is 133 Å². The topological polar surface area (TPSA) is 72.5 Å². The van der Waals surface area contributed by atoms with Crippen LogP contribution in [0.3, 0.4) is 0 Å². The number of carbonyl (C=O) groups excluding carboxylic acids is 1. The van der Waals surface area contributed by atoms with Crippen LogP contribution in [0.1, 0.15) is 87.5 Å². The summed E-state index contributed by atoms with van der Waals surface area (Å²) >= 11 is 0. The van der Waals surface area contributed by atoms with Gasteiger partial charge in [-0.05, 0) is 90.4 Å². The van der Waals surface area contributed by atoms with E-state index in [4.69, 9.17) is 28.4 Å². The first-order valence-electron chi connectivity index (χ1n) is 22.5. The van der Waals surface area contributed by atoms with E-state index in [9.17, 15) is 4.79 Å². The molecule has 4 fully saturated rings. The Morgan fingerprint density at radius 3 is 1.72 bits per heavy atom. The van der Waals surface area contributed by atoms with Gasteiger partial charge in [0.1, 0.15) is 30.2 Å². The summed E-state index contributed by atoms with van der Waals surface area (Å²) in [5.41, 5.74) is 5.82. The molecular weight excluding hydrogens is 749 g/mol. The van der Waals surface area contributed by atoms with Crippen LogP contribution in [-0.4, -0.2) is 49.2 Å². The Bertz CT molecular complexity index is 2020. The summed E-state index contributed by atoms with van der Waals surface area (Å²) < 4.78 is 41.6. The maximum Gasteiger partial charge on any atom is 0.187 e. The van der Waals surface area contributed by atoms with Gasteiger partial charge in [-0.15, -0.1) is 0 Å². The molecule has 60 heavy (non-hydrogen) atoms. The highest BCUT2D eigenvalue weighted by molar-refractivity contribution is 5.87. The normalized spacial score (nSPS) is 33.7. The lowest BCUT2D eigenvalue weighted by atomic mass is 9.48. The van der Waals surface area contributed by atoms with E-state index in [1.54, 1.807) is 0 Å². The first-order chi connectivity index (χ1) is 29.4. The average Bonchev–Trinajstić information content (AvgIpc) is 3.59. The predicted molar refractivity (Wildman–Crippen MR) is 231 cm³/mol. The number of hydrogen-bond donors (Lipinski definition) is 0. The first kappa shape index (κ1) is 41.4. The summed E-state index contributed by atoms with van der Waals surface area (Å²) in [6.07, 6.45) is 7.56. The van der Waals surface area contributed by atoms with Crippen molar-refractivity contribution in [1.29, 1.82) is 0 Å². The number of hydrogen-bond acceptors (Lipinski definition) is 7. The lowest BCUT2D eigenvalue weighted by molar-refractivity contribution is -0.337. The highest BCUT2D eigenvalue weighted by Crippen LogP contribution is 2.64. The predicted octanol–water partition coefficient (Wildman–Crippen LogP) is 10.6. The van der Waals surface area contributed by atoms with E-state index < -0.39 is 30.7 Å². The summed E-state index contributed by atoms with van der Waals surface area (Å²) in [5.74, 6) is 2.21. The minimum Gasteiger partial charge on any atom is -0.374 e. The summed E-state index contributed by atoms with van der Waals surface area (Å²) in [7, 11) is 0. The van der Waals surface area contributed by atoms with Gasteiger partial charge in [0.05, 0.1) is 39.1 Å². The molecule has 4 aromatic carbocycles. The SMILES string of the molecule is C[C@]12CC[C@H](O[C@@H]3OC(COCc4ccccc4)[C@@H](OCc4ccccc4)C(OCc4ccccc4)C3OCc3ccccc3)CC1=CC[C@H]1C3CCC(=O)[C@@]3(C)CC[C@@H]12. The molecule has 1 saturated heterocycles. The van der Waals surface area contributed by atoms with E-state index in [-0.39, 0.29) is 16.9 Å². The number of allylic oxidation sites excluding steroid dienone is 1. The molecule has 5 aliphatic rings. The molecule has 0 bridgehead atoms. The van der Waals surface area contributed by atoms with Crippen LogP contribution < -0.4 is 0 Å². The largest absolute Gasteiger partial charge is 0.374 e. The van der Waals surface area contributed by atoms with Crippen molar-refractivity contribution in [2.75, 3.05) is 6.61 Å². The van der Waals surface area contributed by atoms with Crippen molar-refractivity contribution in [2.24, 2.45) is 28.6 Å². The van der Waals surface area contributed by atoms with E-state index >= 15 is 0 Å². The van der Waals surface area contributed by atoms with Gasteiger partial charge in [0, 0.05) is 11.8 Å². The van der Waals surface area contributed by atoms with Gasteiger partial charge in [-0.3, -0.25) is 4.79 Å². The van der Waals surface area contributed by atoms with Crippen LogP contribution in [-0.2, 0) is 59.6 Å². The molecule has 1 heterocycles. The van der Waals surface area contributed by atoms with Crippen molar-refractivity contribution in [1.82, 2.24) is 0 Å².